The van der Waals surface area contributed by atoms with Gasteiger partial charge in [0.05, 0.1) is 12.9 Å². The second-order valence-corrected chi connectivity index (χ2v) is 8.57. The molecule has 174 valence electrons. The molecule has 33 heavy (non-hydrogen) atoms. The van der Waals surface area contributed by atoms with Crippen LogP contribution in [0.15, 0.2) is 53.7 Å². The first-order valence-electron chi connectivity index (χ1n) is 11.2. The lowest BCUT2D eigenvalue weighted by Crippen LogP contribution is -2.11. The first-order chi connectivity index (χ1) is 16.0. The third kappa shape index (κ3) is 6.68. The van der Waals surface area contributed by atoms with Crippen molar-refractivity contribution in [2.75, 3.05) is 18.2 Å². The Hall–Kier alpha value is -3.13. The van der Waals surface area contributed by atoms with Crippen molar-refractivity contribution in [3.63, 3.8) is 0 Å². The first-order valence-corrected chi connectivity index (χ1v) is 12.2. The fraction of sp³-hybridized carbons (Fsp3) is 0.360. The molecule has 0 radical (unpaired) electrons. The van der Waals surface area contributed by atoms with E-state index in [1.54, 1.807) is 31.4 Å². The van der Waals surface area contributed by atoms with Gasteiger partial charge in [-0.15, -0.1) is 10.2 Å². The van der Waals surface area contributed by atoms with Crippen molar-refractivity contribution in [3.05, 3.63) is 54.1 Å². The SMILES string of the molecule is CCCCn1c(SCC(=O)c2ccc(NC(=O)CCC)cc2)nnc1-c1ccc(OC)cc1. The zero-order valence-corrected chi connectivity index (χ0v) is 20.2. The van der Waals surface area contributed by atoms with Gasteiger partial charge in [-0.3, -0.25) is 9.59 Å². The van der Waals surface area contributed by atoms with Crippen molar-refractivity contribution in [2.45, 2.75) is 51.2 Å². The summed E-state index contributed by atoms with van der Waals surface area (Å²) in [5.41, 5.74) is 2.25. The van der Waals surface area contributed by atoms with E-state index in [4.69, 9.17) is 4.74 Å². The number of nitrogens with zero attached hydrogens (tertiary/aromatic N) is 3. The summed E-state index contributed by atoms with van der Waals surface area (Å²) < 4.78 is 7.32. The van der Waals surface area contributed by atoms with E-state index in [2.05, 4.69) is 27.0 Å². The molecular weight excluding hydrogens is 436 g/mol. The Morgan fingerprint density at radius 1 is 1.00 bits per heavy atom. The van der Waals surface area contributed by atoms with Crippen LogP contribution in [0.25, 0.3) is 11.4 Å². The van der Waals surface area contributed by atoms with Crippen LogP contribution in [-0.4, -0.2) is 39.3 Å². The van der Waals surface area contributed by atoms with Crippen LogP contribution in [0.2, 0.25) is 0 Å². The molecule has 0 saturated heterocycles. The van der Waals surface area contributed by atoms with Gasteiger partial charge in [-0.2, -0.15) is 0 Å². The van der Waals surface area contributed by atoms with E-state index in [0.717, 1.165) is 48.1 Å². The van der Waals surface area contributed by atoms with Crippen molar-refractivity contribution in [1.82, 2.24) is 14.8 Å². The summed E-state index contributed by atoms with van der Waals surface area (Å²) in [5, 5.41) is 12.3. The van der Waals surface area contributed by atoms with Gasteiger partial charge in [0.2, 0.25) is 5.91 Å². The maximum Gasteiger partial charge on any atom is 0.224 e. The van der Waals surface area contributed by atoms with Crippen LogP contribution >= 0.6 is 11.8 Å². The molecule has 3 aromatic rings. The van der Waals surface area contributed by atoms with Crippen LogP contribution in [0.4, 0.5) is 5.69 Å². The molecule has 0 aliphatic heterocycles. The summed E-state index contributed by atoms with van der Waals surface area (Å²) in [4.78, 5) is 24.5. The Labute approximate surface area is 198 Å². The normalized spacial score (nSPS) is 10.8. The van der Waals surface area contributed by atoms with Crippen molar-refractivity contribution in [3.8, 4) is 17.1 Å². The maximum absolute atomic E-state index is 12.7. The van der Waals surface area contributed by atoms with Gasteiger partial charge >= 0.3 is 0 Å². The number of carbonyl (C=O) groups is 2. The number of carbonyl (C=O) groups excluding carboxylic acids is 2. The van der Waals surface area contributed by atoms with Gasteiger partial charge in [0, 0.05) is 29.8 Å². The van der Waals surface area contributed by atoms with Gasteiger partial charge in [0.15, 0.2) is 16.8 Å². The number of methoxy groups -OCH3 is 1. The van der Waals surface area contributed by atoms with Crippen LogP contribution in [-0.2, 0) is 11.3 Å². The minimum absolute atomic E-state index is 0.00229. The number of benzene rings is 2. The molecular formula is C25H30N4O3S. The minimum Gasteiger partial charge on any atom is -0.497 e. The zero-order valence-electron chi connectivity index (χ0n) is 19.3. The summed E-state index contributed by atoms with van der Waals surface area (Å²) in [7, 11) is 1.64. The summed E-state index contributed by atoms with van der Waals surface area (Å²) in [6, 6.07) is 14.7. The van der Waals surface area contributed by atoms with E-state index in [9.17, 15) is 9.59 Å². The number of hydrogen-bond donors (Lipinski definition) is 1. The lowest BCUT2D eigenvalue weighted by molar-refractivity contribution is -0.116. The molecule has 1 N–H and O–H groups in total. The molecule has 0 aliphatic carbocycles. The van der Waals surface area contributed by atoms with E-state index in [-0.39, 0.29) is 17.4 Å². The lowest BCUT2D eigenvalue weighted by atomic mass is 10.1. The Kier molecular flexibility index (Phi) is 9.06. The number of unbranched alkanes of at least 4 members (excludes halogenated alkanes) is 1. The van der Waals surface area contributed by atoms with Crippen LogP contribution < -0.4 is 10.1 Å². The summed E-state index contributed by atoms with van der Waals surface area (Å²) >= 11 is 1.39. The Balaban J connectivity index is 1.69. The predicted molar refractivity (Wildman–Crippen MR) is 132 cm³/mol. The quantitative estimate of drug-likeness (QED) is 0.281. The number of rotatable bonds is 12. The van der Waals surface area contributed by atoms with E-state index in [0.29, 0.717) is 17.7 Å². The molecule has 1 amide bonds. The maximum atomic E-state index is 12.7. The molecule has 0 atom stereocenters. The highest BCUT2D eigenvalue weighted by atomic mass is 32.2. The van der Waals surface area contributed by atoms with Crippen molar-refractivity contribution < 1.29 is 14.3 Å². The first kappa shape index (κ1) is 24.5. The molecule has 7 nitrogen and oxygen atoms in total. The topological polar surface area (TPSA) is 86.1 Å². The highest BCUT2D eigenvalue weighted by Gasteiger charge is 2.16. The summed E-state index contributed by atoms with van der Waals surface area (Å²) in [6.07, 6.45) is 3.32. The van der Waals surface area contributed by atoms with Crippen LogP contribution in [0.1, 0.15) is 49.9 Å². The number of ketones is 1. The van der Waals surface area contributed by atoms with Gasteiger partial charge in [0.25, 0.3) is 0 Å². The van der Waals surface area contributed by atoms with Crippen molar-refractivity contribution in [2.24, 2.45) is 0 Å². The zero-order chi connectivity index (χ0) is 23.6. The smallest absolute Gasteiger partial charge is 0.224 e. The van der Waals surface area contributed by atoms with Crippen molar-refractivity contribution >= 4 is 29.1 Å². The molecule has 1 aromatic heterocycles. The third-order valence-corrected chi connectivity index (χ3v) is 6.07. The van der Waals surface area contributed by atoms with E-state index in [1.807, 2.05) is 31.2 Å². The van der Waals surface area contributed by atoms with E-state index < -0.39 is 0 Å². The number of amides is 1. The predicted octanol–water partition coefficient (Wildman–Crippen LogP) is 5.47. The molecule has 0 spiro atoms. The van der Waals surface area contributed by atoms with Gasteiger partial charge in [0.1, 0.15) is 5.75 Å². The van der Waals surface area contributed by atoms with Crippen LogP contribution in [0.5, 0.6) is 5.75 Å². The fourth-order valence-electron chi connectivity index (χ4n) is 3.27. The summed E-state index contributed by atoms with van der Waals surface area (Å²) in [6.45, 7) is 4.89. The average molecular weight is 467 g/mol. The highest BCUT2D eigenvalue weighted by molar-refractivity contribution is 7.99. The third-order valence-electron chi connectivity index (χ3n) is 5.10. The lowest BCUT2D eigenvalue weighted by Gasteiger charge is -2.10. The molecule has 0 bridgehead atoms. The monoisotopic (exact) mass is 466 g/mol. The second-order valence-electron chi connectivity index (χ2n) is 7.63. The van der Waals surface area contributed by atoms with Crippen LogP contribution in [0.3, 0.4) is 0 Å². The fourth-order valence-corrected chi connectivity index (χ4v) is 4.13. The molecule has 3 rings (SSSR count). The van der Waals surface area contributed by atoms with Gasteiger partial charge in [-0.1, -0.05) is 32.0 Å². The largest absolute Gasteiger partial charge is 0.497 e. The van der Waals surface area contributed by atoms with E-state index in [1.165, 1.54) is 11.8 Å². The molecule has 2 aromatic carbocycles. The Morgan fingerprint density at radius 2 is 1.73 bits per heavy atom. The summed E-state index contributed by atoms with van der Waals surface area (Å²) in [5.74, 6) is 1.81. The van der Waals surface area contributed by atoms with E-state index >= 15 is 0 Å². The number of hydrogen-bond acceptors (Lipinski definition) is 6. The van der Waals surface area contributed by atoms with Gasteiger partial charge in [-0.25, -0.2) is 0 Å². The van der Waals surface area contributed by atoms with Crippen LogP contribution in [0, 0.1) is 0 Å². The molecule has 0 unspecified atom stereocenters. The highest BCUT2D eigenvalue weighted by Crippen LogP contribution is 2.27. The Morgan fingerprint density at radius 3 is 2.36 bits per heavy atom. The number of ether oxygens (including phenoxy) is 1. The molecule has 1 heterocycles. The molecule has 0 fully saturated rings. The number of aromatic nitrogens is 3. The molecule has 0 aliphatic rings. The van der Waals surface area contributed by atoms with Crippen molar-refractivity contribution in [1.29, 1.82) is 0 Å². The second kappa shape index (κ2) is 12.2. The average Bonchev–Trinajstić information content (AvgIpc) is 3.24. The molecule has 0 saturated carbocycles. The standard InChI is InChI=1S/C25H30N4O3S/c1-4-6-16-29-24(19-10-14-21(32-3)15-11-19)27-28-25(29)33-17-22(30)18-8-12-20(13-9-18)26-23(31)7-5-2/h8-15H,4-7,16-17H2,1-3H3,(H,26,31). The Bertz CT molecular complexity index is 1060. The van der Waals surface area contributed by atoms with Gasteiger partial charge < -0.3 is 14.6 Å². The number of Topliss-reactive ketones (excluding diaryl/α,β-unsaturated/α-hetero) is 1. The molecule has 8 heteroatoms. The number of nitrogens with one attached hydrogen (secondary N) is 1. The number of anilines is 1. The van der Waals surface area contributed by atoms with Gasteiger partial charge in [-0.05, 0) is 61.4 Å². The minimum atomic E-state index is -0.0220. The number of thioether (sulfide) groups is 1.